The van der Waals surface area contributed by atoms with Crippen LogP contribution in [0.25, 0.3) is 0 Å². The van der Waals surface area contributed by atoms with Crippen molar-refractivity contribution in [2.24, 2.45) is 0 Å². The van der Waals surface area contributed by atoms with Gasteiger partial charge in [0.25, 0.3) is 0 Å². The van der Waals surface area contributed by atoms with E-state index in [9.17, 15) is 8.78 Å². The highest BCUT2D eigenvalue weighted by Gasteiger charge is 2.05. The van der Waals surface area contributed by atoms with Gasteiger partial charge in [0.2, 0.25) is 0 Å². The Balaban J connectivity index is 2.13. The van der Waals surface area contributed by atoms with Gasteiger partial charge in [-0.05, 0) is 30.3 Å². The molecule has 0 heterocycles. The van der Waals surface area contributed by atoms with Crippen molar-refractivity contribution in [2.75, 3.05) is 12.4 Å². The molecule has 0 spiro atoms. The van der Waals surface area contributed by atoms with E-state index in [0.29, 0.717) is 12.2 Å². The van der Waals surface area contributed by atoms with Crippen molar-refractivity contribution >= 4 is 21.6 Å². The van der Waals surface area contributed by atoms with Crippen LogP contribution in [0.2, 0.25) is 0 Å². The second-order valence-electron chi connectivity index (χ2n) is 3.94. The molecular weight excluding hydrogens is 316 g/mol. The molecule has 0 radical (unpaired) electrons. The number of hydrogen-bond acceptors (Lipinski definition) is 2. The van der Waals surface area contributed by atoms with E-state index in [2.05, 4.69) is 21.2 Å². The smallest absolute Gasteiger partial charge is 0.160 e. The van der Waals surface area contributed by atoms with E-state index in [-0.39, 0.29) is 0 Å². The summed E-state index contributed by atoms with van der Waals surface area (Å²) >= 11 is 3.38. The lowest BCUT2D eigenvalue weighted by molar-refractivity contribution is 0.410. The summed E-state index contributed by atoms with van der Waals surface area (Å²) in [5, 5.41) is 3.02. The van der Waals surface area contributed by atoms with Crippen LogP contribution in [0.4, 0.5) is 14.5 Å². The fourth-order valence-corrected chi connectivity index (χ4v) is 2.10. The Labute approximate surface area is 118 Å². The van der Waals surface area contributed by atoms with Crippen LogP contribution in [0.15, 0.2) is 40.9 Å². The van der Waals surface area contributed by atoms with Gasteiger partial charge in [0.05, 0.1) is 7.11 Å². The zero-order valence-corrected chi connectivity index (χ0v) is 11.8. The Kier molecular flexibility index (Phi) is 4.37. The molecule has 0 aliphatic rings. The Morgan fingerprint density at radius 3 is 2.58 bits per heavy atom. The third-order valence-electron chi connectivity index (χ3n) is 2.65. The third-order valence-corrected chi connectivity index (χ3v) is 3.14. The molecule has 5 heteroatoms. The van der Waals surface area contributed by atoms with E-state index in [0.717, 1.165) is 27.9 Å². The standard InChI is InChI=1S/C14H12BrF2NO/c1-19-14-5-2-10(15)6-9(14)8-18-11-3-4-12(16)13(17)7-11/h2-7,18H,8H2,1H3. The van der Waals surface area contributed by atoms with Crippen molar-refractivity contribution in [3.05, 3.63) is 58.1 Å². The number of methoxy groups -OCH3 is 1. The first-order valence-electron chi connectivity index (χ1n) is 5.61. The SMILES string of the molecule is COc1ccc(Br)cc1CNc1ccc(F)c(F)c1. The molecule has 2 aromatic carbocycles. The number of hydrogen-bond donors (Lipinski definition) is 1. The first-order valence-corrected chi connectivity index (χ1v) is 6.41. The lowest BCUT2D eigenvalue weighted by Crippen LogP contribution is -2.02. The highest BCUT2D eigenvalue weighted by Crippen LogP contribution is 2.24. The minimum absolute atomic E-state index is 0.452. The van der Waals surface area contributed by atoms with Gasteiger partial charge >= 0.3 is 0 Å². The summed E-state index contributed by atoms with van der Waals surface area (Å²) < 4.78 is 32.0. The minimum atomic E-state index is -0.869. The molecule has 0 aliphatic heterocycles. The average molecular weight is 328 g/mol. The molecule has 0 aromatic heterocycles. The van der Waals surface area contributed by atoms with Gasteiger partial charge in [-0.3, -0.25) is 0 Å². The summed E-state index contributed by atoms with van der Waals surface area (Å²) in [6, 6.07) is 9.33. The number of nitrogens with one attached hydrogen (secondary N) is 1. The molecule has 0 aliphatic carbocycles. The summed E-state index contributed by atoms with van der Waals surface area (Å²) in [5.41, 5.74) is 1.43. The fraction of sp³-hybridized carbons (Fsp3) is 0.143. The van der Waals surface area contributed by atoms with Crippen LogP contribution >= 0.6 is 15.9 Å². The second kappa shape index (κ2) is 6.02. The van der Waals surface area contributed by atoms with E-state index < -0.39 is 11.6 Å². The predicted octanol–water partition coefficient (Wildman–Crippen LogP) is 4.35. The zero-order valence-electron chi connectivity index (χ0n) is 10.2. The maximum Gasteiger partial charge on any atom is 0.160 e. The van der Waals surface area contributed by atoms with Crippen molar-refractivity contribution in [3.8, 4) is 5.75 Å². The van der Waals surface area contributed by atoms with Crippen LogP contribution in [0.1, 0.15) is 5.56 Å². The van der Waals surface area contributed by atoms with Gasteiger partial charge in [0.1, 0.15) is 5.75 Å². The van der Waals surface area contributed by atoms with E-state index in [4.69, 9.17) is 4.74 Å². The lowest BCUT2D eigenvalue weighted by atomic mass is 10.2. The summed E-state index contributed by atoms with van der Waals surface area (Å²) in [7, 11) is 1.59. The number of anilines is 1. The molecule has 2 rings (SSSR count). The Morgan fingerprint density at radius 2 is 1.89 bits per heavy atom. The van der Waals surface area contributed by atoms with Gasteiger partial charge in [-0.1, -0.05) is 15.9 Å². The summed E-state index contributed by atoms with van der Waals surface area (Å²) in [6.07, 6.45) is 0. The Hall–Kier alpha value is -1.62. The molecule has 0 saturated carbocycles. The van der Waals surface area contributed by atoms with Crippen LogP contribution in [0, 0.1) is 11.6 Å². The maximum atomic E-state index is 13.1. The molecule has 2 aromatic rings. The van der Waals surface area contributed by atoms with Crippen molar-refractivity contribution in [1.82, 2.24) is 0 Å². The summed E-state index contributed by atoms with van der Waals surface area (Å²) in [6.45, 7) is 0.452. The van der Waals surface area contributed by atoms with Crippen LogP contribution in [-0.4, -0.2) is 7.11 Å². The monoisotopic (exact) mass is 327 g/mol. The lowest BCUT2D eigenvalue weighted by Gasteiger charge is -2.11. The Morgan fingerprint density at radius 1 is 1.11 bits per heavy atom. The van der Waals surface area contributed by atoms with Crippen molar-refractivity contribution in [1.29, 1.82) is 0 Å². The highest BCUT2D eigenvalue weighted by atomic mass is 79.9. The van der Waals surface area contributed by atoms with Crippen LogP contribution in [0.3, 0.4) is 0 Å². The van der Waals surface area contributed by atoms with E-state index in [1.807, 2.05) is 18.2 Å². The molecule has 100 valence electrons. The van der Waals surface area contributed by atoms with Gasteiger partial charge in [0.15, 0.2) is 11.6 Å². The molecule has 1 N–H and O–H groups in total. The number of rotatable bonds is 4. The molecule has 0 atom stereocenters. The third kappa shape index (κ3) is 3.44. The first kappa shape index (κ1) is 13.8. The van der Waals surface area contributed by atoms with E-state index >= 15 is 0 Å². The molecule has 0 bridgehead atoms. The second-order valence-corrected chi connectivity index (χ2v) is 4.85. The summed E-state index contributed by atoms with van der Waals surface area (Å²) in [4.78, 5) is 0. The normalized spacial score (nSPS) is 10.3. The summed E-state index contributed by atoms with van der Waals surface area (Å²) in [5.74, 6) is -0.991. The molecule has 0 amide bonds. The van der Waals surface area contributed by atoms with Gasteiger partial charge in [-0.15, -0.1) is 0 Å². The van der Waals surface area contributed by atoms with E-state index in [1.54, 1.807) is 7.11 Å². The van der Waals surface area contributed by atoms with Gasteiger partial charge in [0, 0.05) is 28.3 Å². The van der Waals surface area contributed by atoms with Gasteiger partial charge in [-0.25, -0.2) is 8.78 Å². The highest BCUT2D eigenvalue weighted by molar-refractivity contribution is 9.10. The van der Waals surface area contributed by atoms with Crippen LogP contribution < -0.4 is 10.1 Å². The number of ether oxygens (including phenoxy) is 1. The Bertz CT molecular complexity index is 590. The number of benzene rings is 2. The molecule has 19 heavy (non-hydrogen) atoms. The van der Waals surface area contributed by atoms with Gasteiger partial charge in [-0.2, -0.15) is 0 Å². The largest absolute Gasteiger partial charge is 0.496 e. The molecule has 0 unspecified atom stereocenters. The number of halogens is 3. The van der Waals surface area contributed by atoms with Gasteiger partial charge < -0.3 is 10.1 Å². The molecular formula is C14H12BrF2NO. The molecule has 0 fully saturated rings. The molecule has 0 saturated heterocycles. The average Bonchev–Trinajstić information content (AvgIpc) is 2.40. The minimum Gasteiger partial charge on any atom is -0.496 e. The topological polar surface area (TPSA) is 21.3 Å². The zero-order chi connectivity index (χ0) is 13.8. The van der Waals surface area contributed by atoms with E-state index in [1.165, 1.54) is 6.07 Å². The van der Waals surface area contributed by atoms with Crippen molar-refractivity contribution < 1.29 is 13.5 Å². The van der Waals surface area contributed by atoms with Crippen LogP contribution in [0.5, 0.6) is 5.75 Å². The van der Waals surface area contributed by atoms with Crippen molar-refractivity contribution in [3.63, 3.8) is 0 Å². The quantitative estimate of drug-likeness (QED) is 0.901. The molecule has 2 nitrogen and oxygen atoms in total. The van der Waals surface area contributed by atoms with Crippen molar-refractivity contribution in [2.45, 2.75) is 6.54 Å². The fourth-order valence-electron chi connectivity index (χ4n) is 1.69. The van der Waals surface area contributed by atoms with Crippen LogP contribution in [-0.2, 0) is 6.54 Å². The maximum absolute atomic E-state index is 13.1. The first-order chi connectivity index (χ1) is 9.10. The predicted molar refractivity (Wildman–Crippen MR) is 74.4 cm³/mol.